The molecule has 1 saturated heterocycles. The van der Waals surface area contributed by atoms with E-state index in [1.807, 2.05) is 30.3 Å². The van der Waals surface area contributed by atoms with Gasteiger partial charge in [-0.25, -0.2) is 4.79 Å². The molecule has 3 atom stereocenters. The third kappa shape index (κ3) is 5.61. The third-order valence-corrected chi connectivity index (χ3v) is 8.76. The maximum absolute atomic E-state index is 14.4. The molecule has 2 aliphatic heterocycles. The number of nitrogens with zero attached hydrogens (tertiary/aromatic N) is 4. The Kier molecular flexibility index (Phi) is 7.57. The quantitative estimate of drug-likeness (QED) is 0.506. The first-order chi connectivity index (χ1) is 19.7. The molecule has 224 valence electrons. The van der Waals surface area contributed by atoms with Gasteiger partial charge in [-0.2, -0.15) is 13.2 Å². The van der Waals surface area contributed by atoms with Gasteiger partial charge in [0.05, 0.1) is 11.0 Å². The molecule has 8 nitrogen and oxygen atoms in total. The summed E-state index contributed by atoms with van der Waals surface area (Å²) in [6.45, 7) is 6.10. The Labute approximate surface area is 242 Å². The number of rotatable bonds is 4. The number of alkyl halides is 3. The number of hydrogen-bond acceptors (Lipinski definition) is 4. The second kappa shape index (κ2) is 10.7. The highest BCUT2D eigenvalue weighted by molar-refractivity contribution is 5.93. The summed E-state index contributed by atoms with van der Waals surface area (Å²) in [7, 11) is 0. The fourth-order valence-corrected chi connectivity index (χ4v) is 6.93. The molecule has 0 unspecified atom stereocenters. The zero-order valence-electron chi connectivity index (χ0n) is 23.9. The molecule has 1 aromatic heterocycles. The van der Waals surface area contributed by atoms with Crippen LogP contribution in [0.3, 0.4) is 0 Å². The van der Waals surface area contributed by atoms with Crippen LogP contribution in [0.25, 0.3) is 6.08 Å². The number of carboxylic acid groups (broad SMARTS) is 1. The van der Waals surface area contributed by atoms with Crippen molar-refractivity contribution in [3.8, 4) is 0 Å². The Morgan fingerprint density at radius 3 is 2.48 bits per heavy atom. The number of carbonyl (C=O) groups excluding carboxylic acids is 2. The van der Waals surface area contributed by atoms with E-state index in [1.165, 1.54) is 11.0 Å². The van der Waals surface area contributed by atoms with E-state index in [-0.39, 0.29) is 43.8 Å². The Hall–Kier alpha value is -3.89. The van der Waals surface area contributed by atoms with Crippen LogP contribution < -0.4 is 0 Å². The van der Waals surface area contributed by atoms with E-state index >= 15 is 0 Å². The predicted molar refractivity (Wildman–Crippen MR) is 149 cm³/mol. The van der Waals surface area contributed by atoms with E-state index in [0.717, 1.165) is 17.8 Å². The Morgan fingerprint density at radius 1 is 1.12 bits per heavy atom. The molecule has 11 heteroatoms. The van der Waals surface area contributed by atoms with Gasteiger partial charge in [0.2, 0.25) is 11.8 Å². The lowest BCUT2D eigenvalue weighted by atomic mass is 9.78. The molecule has 1 saturated carbocycles. The van der Waals surface area contributed by atoms with Crippen LogP contribution in [0.5, 0.6) is 0 Å². The van der Waals surface area contributed by atoms with Crippen molar-refractivity contribution in [3.05, 3.63) is 71.1 Å². The van der Waals surface area contributed by atoms with Crippen molar-refractivity contribution < 1.29 is 32.7 Å². The molecular formula is C31H35F3N4O4. The van der Waals surface area contributed by atoms with Gasteiger partial charge in [0, 0.05) is 62.1 Å². The van der Waals surface area contributed by atoms with E-state index in [1.54, 1.807) is 36.6 Å². The molecule has 1 aliphatic carbocycles. The van der Waals surface area contributed by atoms with Gasteiger partial charge in [-0.3, -0.25) is 14.6 Å². The van der Waals surface area contributed by atoms with Crippen LogP contribution >= 0.6 is 0 Å². The summed E-state index contributed by atoms with van der Waals surface area (Å²) in [4.78, 5) is 48.6. The first kappa shape index (κ1) is 29.6. The second-order valence-corrected chi connectivity index (χ2v) is 12.5. The lowest BCUT2D eigenvalue weighted by Crippen LogP contribution is -2.53. The number of carbonyl (C=O) groups is 3. The molecule has 1 N–H and O–H groups in total. The van der Waals surface area contributed by atoms with Gasteiger partial charge in [0.25, 0.3) is 0 Å². The molecule has 3 heterocycles. The minimum Gasteiger partial charge on any atom is -0.465 e. The largest absolute Gasteiger partial charge is 0.465 e. The highest BCUT2D eigenvalue weighted by Gasteiger charge is 2.61. The summed E-state index contributed by atoms with van der Waals surface area (Å²) in [6, 6.07) is 9.97. The van der Waals surface area contributed by atoms with Gasteiger partial charge in [-0.05, 0) is 62.8 Å². The van der Waals surface area contributed by atoms with Gasteiger partial charge in [-0.1, -0.05) is 30.3 Å². The summed E-state index contributed by atoms with van der Waals surface area (Å²) < 4.78 is 40.2. The normalized spacial score (nSPS) is 24.0. The Bertz CT molecular complexity index is 1410. The number of halogens is 3. The molecule has 3 aliphatic rings. The maximum Gasteiger partial charge on any atom is 0.417 e. The molecule has 0 bridgehead atoms. The number of amides is 3. The minimum atomic E-state index is -4.55. The van der Waals surface area contributed by atoms with Gasteiger partial charge in [-0.15, -0.1) is 0 Å². The summed E-state index contributed by atoms with van der Waals surface area (Å²) >= 11 is 0. The van der Waals surface area contributed by atoms with E-state index in [0.29, 0.717) is 30.6 Å². The van der Waals surface area contributed by atoms with E-state index in [2.05, 4.69) is 4.98 Å². The Morgan fingerprint density at radius 2 is 1.83 bits per heavy atom. The SMILES string of the molecule is CC(C)(C)N(C(=O)O)[C@@H]1C[C@H]2CN(C(=O)C=Cc3ccccc3)C[C@@]2(C(=O)N2CCc3ncc(C(F)(F)F)cc3C2)C1. The molecule has 2 aromatic rings. The standard InChI is InChI=1S/C31H35F3N4O4/c1-29(2,3)38(28(41)42)24-14-23-18-37(26(39)10-9-20-7-5-4-6-8-20)19-30(23,15-24)27(40)36-12-11-25-21(17-36)13-22(16-35-25)31(32,33)34/h4-10,13,16,23-24H,11-12,14-15,17-19H2,1-3H3,(H,41,42)/t23-,24+,30-/m0/s1. The molecule has 1 aromatic carbocycles. The average molecular weight is 585 g/mol. The Balaban J connectivity index is 1.43. The highest BCUT2D eigenvalue weighted by atomic mass is 19.4. The first-order valence-electron chi connectivity index (χ1n) is 14.1. The second-order valence-electron chi connectivity index (χ2n) is 12.5. The number of hydrogen-bond donors (Lipinski definition) is 1. The van der Waals surface area contributed by atoms with Crippen molar-refractivity contribution >= 4 is 24.0 Å². The van der Waals surface area contributed by atoms with Crippen molar-refractivity contribution in [2.75, 3.05) is 19.6 Å². The van der Waals surface area contributed by atoms with Crippen LogP contribution in [-0.2, 0) is 28.7 Å². The zero-order valence-corrected chi connectivity index (χ0v) is 23.9. The maximum atomic E-state index is 14.4. The number of likely N-dealkylation sites (tertiary alicyclic amines) is 1. The molecular weight excluding hydrogens is 549 g/mol. The molecule has 0 radical (unpaired) electrons. The molecule has 5 rings (SSSR count). The fraction of sp³-hybridized carbons (Fsp3) is 0.484. The topological polar surface area (TPSA) is 94.1 Å². The van der Waals surface area contributed by atoms with Crippen molar-refractivity contribution in [1.29, 1.82) is 0 Å². The minimum absolute atomic E-state index is 0.0198. The number of aromatic nitrogens is 1. The molecule has 3 amide bonds. The highest BCUT2D eigenvalue weighted by Crippen LogP contribution is 2.52. The van der Waals surface area contributed by atoms with Crippen molar-refractivity contribution in [3.63, 3.8) is 0 Å². The van der Waals surface area contributed by atoms with Crippen LogP contribution in [0.2, 0.25) is 0 Å². The lowest BCUT2D eigenvalue weighted by Gasteiger charge is -2.40. The number of pyridine rings is 1. The predicted octanol–water partition coefficient (Wildman–Crippen LogP) is 5.08. The van der Waals surface area contributed by atoms with E-state index in [9.17, 15) is 32.7 Å². The number of benzene rings is 1. The first-order valence-corrected chi connectivity index (χ1v) is 14.1. The molecule has 0 spiro atoms. The zero-order chi connectivity index (χ0) is 30.4. The summed E-state index contributed by atoms with van der Waals surface area (Å²) in [5, 5.41) is 10.1. The van der Waals surface area contributed by atoms with Crippen molar-refractivity contribution in [2.24, 2.45) is 11.3 Å². The molecule has 42 heavy (non-hydrogen) atoms. The molecule has 2 fully saturated rings. The summed E-state index contributed by atoms with van der Waals surface area (Å²) in [5.74, 6) is -0.792. The summed E-state index contributed by atoms with van der Waals surface area (Å²) in [5.41, 5.74) is -0.881. The van der Waals surface area contributed by atoms with Crippen molar-refractivity contribution in [2.45, 2.75) is 64.3 Å². The van der Waals surface area contributed by atoms with Gasteiger partial charge < -0.3 is 19.8 Å². The van der Waals surface area contributed by atoms with Gasteiger partial charge >= 0.3 is 12.3 Å². The van der Waals surface area contributed by atoms with Crippen LogP contribution in [-0.4, -0.2) is 73.9 Å². The van der Waals surface area contributed by atoms with Crippen LogP contribution in [0.1, 0.15) is 56.0 Å². The van der Waals surface area contributed by atoms with Crippen molar-refractivity contribution in [1.82, 2.24) is 19.7 Å². The van der Waals surface area contributed by atoms with E-state index < -0.39 is 34.8 Å². The summed E-state index contributed by atoms with van der Waals surface area (Å²) in [6.07, 6.45) is -0.658. The van der Waals surface area contributed by atoms with E-state index in [4.69, 9.17) is 0 Å². The van der Waals surface area contributed by atoms with Crippen LogP contribution in [0.15, 0.2) is 48.7 Å². The smallest absolute Gasteiger partial charge is 0.417 e. The number of fused-ring (bicyclic) bond motifs is 2. The van der Waals surface area contributed by atoms with Crippen LogP contribution in [0, 0.1) is 11.3 Å². The fourth-order valence-electron chi connectivity index (χ4n) is 6.93. The third-order valence-electron chi connectivity index (χ3n) is 8.76. The average Bonchev–Trinajstić information content (AvgIpc) is 3.45. The lowest BCUT2D eigenvalue weighted by molar-refractivity contribution is -0.144. The monoisotopic (exact) mass is 584 g/mol. The van der Waals surface area contributed by atoms with Gasteiger partial charge in [0.1, 0.15) is 0 Å². The van der Waals surface area contributed by atoms with Crippen LogP contribution in [0.4, 0.5) is 18.0 Å². The van der Waals surface area contributed by atoms with Gasteiger partial charge in [0.15, 0.2) is 0 Å².